The standard InChI is InChI=1S/C29H32ClN5O/c1-20-18-32-28-26(20)27(25(19-33-28)22-5-3-2-4-6-22)34-13-15-35(16-14-34)29(36)23(11-12-31)17-21-7-9-24(30)10-8-21/h2-10,18-19,23H,11-17,31H2,1H3,(H,32,33). The number of carbonyl (C=O) groups excluding carboxylic acids is 1. The molecule has 3 heterocycles. The number of piperazine rings is 1. The molecular formula is C29H32ClN5O. The Bertz CT molecular complexity index is 1330. The van der Waals surface area contributed by atoms with Gasteiger partial charge in [-0.2, -0.15) is 0 Å². The Morgan fingerprint density at radius 2 is 1.81 bits per heavy atom. The monoisotopic (exact) mass is 501 g/mol. The summed E-state index contributed by atoms with van der Waals surface area (Å²) in [6.45, 7) is 5.51. The second-order valence-electron chi connectivity index (χ2n) is 9.50. The van der Waals surface area contributed by atoms with E-state index in [4.69, 9.17) is 22.3 Å². The highest BCUT2D eigenvalue weighted by molar-refractivity contribution is 6.30. The summed E-state index contributed by atoms with van der Waals surface area (Å²) in [6.07, 6.45) is 5.33. The number of H-pyrrole nitrogens is 1. The lowest BCUT2D eigenvalue weighted by Gasteiger charge is -2.38. The van der Waals surface area contributed by atoms with Crippen molar-refractivity contribution in [2.75, 3.05) is 37.6 Å². The van der Waals surface area contributed by atoms with Crippen LogP contribution in [0.1, 0.15) is 17.5 Å². The topological polar surface area (TPSA) is 78.2 Å². The number of benzene rings is 2. The van der Waals surface area contributed by atoms with Gasteiger partial charge in [-0.15, -0.1) is 0 Å². The predicted octanol–water partition coefficient (Wildman–Crippen LogP) is 5.05. The van der Waals surface area contributed by atoms with Crippen LogP contribution in [-0.2, 0) is 11.2 Å². The van der Waals surface area contributed by atoms with Gasteiger partial charge in [0.2, 0.25) is 5.91 Å². The van der Waals surface area contributed by atoms with E-state index in [9.17, 15) is 4.79 Å². The first-order valence-corrected chi connectivity index (χ1v) is 12.9. The molecule has 0 aliphatic carbocycles. The first-order chi connectivity index (χ1) is 17.5. The van der Waals surface area contributed by atoms with Gasteiger partial charge in [-0.25, -0.2) is 4.98 Å². The molecule has 0 radical (unpaired) electrons. The molecule has 5 rings (SSSR count). The van der Waals surface area contributed by atoms with Gasteiger partial charge in [0.15, 0.2) is 0 Å². The summed E-state index contributed by atoms with van der Waals surface area (Å²) >= 11 is 6.04. The first kappa shape index (κ1) is 24.3. The largest absolute Gasteiger partial charge is 0.367 e. The average Bonchev–Trinajstić information content (AvgIpc) is 3.30. The Balaban J connectivity index is 1.37. The van der Waals surface area contributed by atoms with Gasteiger partial charge in [0.05, 0.1) is 5.69 Å². The third kappa shape index (κ3) is 4.97. The predicted molar refractivity (Wildman–Crippen MR) is 147 cm³/mol. The number of aryl methyl sites for hydroxylation is 1. The van der Waals surface area contributed by atoms with Crippen LogP contribution in [0, 0.1) is 12.8 Å². The number of hydrogen-bond donors (Lipinski definition) is 2. The number of fused-ring (bicyclic) bond motifs is 1. The van der Waals surface area contributed by atoms with Crippen LogP contribution in [0.5, 0.6) is 0 Å². The molecule has 0 spiro atoms. The van der Waals surface area contributed by atoms with Crippen LogP contribution in [0.4, 0.5) is 5.69 Å². The van der Waals surface area contributed by atoms with Crippen LogP contribution in [0.25, 0.3) is 22.2 Å². The number of nitrogens with one attached hydrogen (secondary N) is 1. The number of anilines is 1. The van der Waals surface area contributed by atoms with Gasteiger partial charge in [-0.3, -0.25) is 4.79 Å². The van der Waals surface area contributed by atoms with E-state index in [0.29, 0.717) is 37.5 Å². The van der Waals surface area contributed by atoms with Crippen molar-refractivity contribution in [3.05, 3.63) is 83.1 Å². The minimum absolute atomic E-state index is 0.123. The van der Waals surface area contributed by atoms with E-state index >= 15 is 0 Å². The zero-order valence-corrected chi connectivity index (χ0v) is 21.3. The minimum Gasteiger partial charge on any atom is -0.367 e. The van der Waals surface area contributed by atoms with Gasteiger partial charge in [0.1, 0.15) is 5.65 Å². The maximum absolute atomic E-state index is 13.5. The fourth-order valence-corrected chi connectivity index (χ4v) is 5.34. The number of carbonyl (C=O) groups is 1. The molecule has 1 aliphatic heterocycles. The van der Waals surface area contributed by atoms with Gasteiger partial charge in [-0.1, -0.05) is 54.1 Å². The van der Waals surface area contributed by atoms with Crippen molar-refractivity contribution < 1.29 is 4.79 Å². The first-order valence-electron chi connectivity index (χ1n) is 12.6. The molecule has 36 heavy (non-hydrogen) atoms. The van der Waals surface area contributed by atoms with Gasteiger partial charge in [-0.05, 0) is 55.1 Å². The van der Waals surface area contributed by atoms with E-state index in [2.05, 4.69) is 41.1 Å². The van der Waals surface area contributed by atoms with Crippen LogP contribution in [0.2, 0.25) is 5.02 Å². The summed E-state index contributed by atoms with van der Waals surface area (Å²) in [5.41, 5.74) is 12.5. The van der Waals surface area contributed by atoms with E-state index in [1.165, 1.54) is 11.3 Å². The van der Waals surface area contributed by atoms with E-state index in [1.807, 2.05) is 47.6 Å². The number of nitrogens with zero attached hydrogens (tertiary/aromatic N) is 3. The normalized spacial score (nSPS) is 14.9. The number of pyridine rings is 1. The van der Waals surface area contributed by atoms with Crippen molar-refractivity contribution in [1.29, 1.82) is 0 Å². The maximum Gasteiger partial charge on any atom is 0.226 e. The van der Waals surface area contributed by atoms with E-state index < -0.39 is 0 Å². The molecule has 1 atom stereocenters. The Hall–Kier alpha value is -3.35. The van der Waals surface area contributed by atoms with Gasteiger partial charge >= 0.3 is 0 Å². The lowest BCUT2D eigenvalue weighted by Crippen LogP contribution is -2.51. The molecule has 186 valence electrons. The summed E-state index contributed by atoms with van der Waals surface area (Å²) in [6, 6.07) is 18.1. The Kier molecular flexibility index (Phi) is 7.25. The second kappa shape index (κ2) is 10.7. The molecule has 1 saturated heterocycles. The minimum atomic E-state index is -0.123. The lowest BCUT2D eigenvalue weighted by molar-refractivity contribution is -0.136. The molecule has 6 nitrogen and oxygen atoms in total. The van der Waals surface area contributed by atoms with Gasteiger partial charge in [0, 0.05) is 60.5 Å². The van der Waals surface area contributed by atoms with Crippen LogP contribution in [0.15, 0.2) is 67.0 Å². The molecular weight excluding hydrogens is 470 g/mol. The van der Waals surface area contributed by atoms with Gasteiger partial charge in [0.25, 0.3) is 0 Å². The molecule has 1 amide bonds. The Labute approximate surface area is 217 Å². The molecule has 2 aromatic carbocycles. The van der Waals surface area contributed by atoms with Crippen LogP contribution in [0.3, 0.4) is 0 Å². The van der Waals surface area contributed by atoms with Crippen molar-refractivity contribution in [2.45, 2.75) is 19.8 Å². The summed E-state index contributed by atoms with van der Waals surface area (Å²) in [7, 11) is 0. The van der Waals surface area contributed by atoms with Crippen molar-refractivity contribution in [2.24, 2.45) is 11.7 Å². The highest BCUT2D eigenvalue weighted by atomic mass is 35.5. The van der Waals surface area contributed by atoms with Crippen molar-refractivity contribution in [3.8, 4) is 11.1 Å². The van der Waals surface area contributed by atoms with E-state index in [0.717, 1.165) is 40.8 Å². The number of hydrogen-bond acceptors (Lipinski definition) is 4. The Morgan fingerprint density at radius 3 is 2.50 bits per heavy atom. The fourth-order valence-electron chi connectivity index (χ4n) is 5.22. The Morgan fingerprint density at radius 1 is 1.08 bits per heavy atom. The zero-order chi connectivity index (χ0) is 25.1. The van der Waals surface area contributed by atoms with Crippen LogP contribution >= 0.6 is 11.6 Å². The van der Waals surface area contributed by atoms with Crippen LogP contribution in [-0.4, -0.2) is 53.5 Å². The second-order valence-corrected chi connectivity index (χ2v) is 9.94. The number of aromatic nitrogens is 2. The number of halogens is 1. The number of rotatable bonds is 7. The fraction of sp³-hybridized carbons (Fsp3) is 0.310. The summed E-state index contributed by atoms with van der Waals surface area (Å²) < 4.78 is 0. The SMILES string of the molecule is Cc1c[nH]c2ncc(-c3ccccc3)c(N3CCN(C(=O)C(CCN)Cc4ccc(Cl)cc4)CC3)c12. The number of aromatic amines is 1. The van der Waals surface area contributed by atoms with E-state index in [1.54, 1.807) is 0 Å². The molecule has 0 bridgehead atoms. The molecule has 7 heteroatoms. The average molecular weight is 502 g/mol. The quantitative estimate of drug-likeness (QED) is 0.371. The molecule has 1 unspecified atom stereocenters. The van der Waals surface area contributed by atoms with Crippen LogP contribution < -0.4 is 10.6 Å². The summed E-state index contributed by atoms with van der Waals surface area (Å²) in [5.74, 6) is 0.0678. The molecule has 1 aliphatic rings. The molecule has 2 aromatic heterocycles. The third-order valence-electron chi connectivity index (χ3n) is 7.12. The number of nitrogens with two attached hydrogens (primary N) is 1. The highest BCUT2D eigenvalue weighted by Crippen LogP contribution is 2.38. The number of amides is 1. The highest BCUT2D eigenvalue weighted by Gasteiger charge is 2.29. The molecule has 0 saturated carbocycles. The molecule has 1 fully saturated rings. The summed E-state index contributed by atoms with van der Waals surface area (Å²) in [5, 5.41) is 1.86. The molecule has 3 N–H and O–H groups in total. The maximum atomic E-state index is 13.5. The van der Waals surface area contributed by atoms with E-state index in [-0.39, 0.29) is 11.8 Å². The summed E-state index contributed by atoms with van der Waals surface area (Å²) in [4.78, 5) is 26.0. The lowest BCUT2D eigenvalue weighted by atomic mass is 9.94. The zero-order valence-electron chi connectivity index (χ0n) is 20.6. The van der Waals surface area contributed by atoms with Crippen molar-refractivity contribution >= 4 is 34.2 Å². The third-order valence-corrected chi connectivity index (χ3v) is 7.38. The smallest absolute Gasteiger partial charge is 0.226 e. The van der Waals surface area contributed by atoms with Crippen molar-refractivity contribution in [3.63, 3.8) is 0 Å². The molecule has 4 aromatic rings. The van der Waals surface area contributed by atoms with Gasteiger partial charge < -0.3 is 20.5 Å². The van der Waals surface area contributed by atoms with Crippen molar-refractivity contribution in [1.82, 2.24) is 14.9 Å².